The van der Waals surface area contributed by atoms with Gasteiger partial charge >= 0.3 is 0 Å². The molecule has 0 aliphatic carbocycles. The van der Waals surface area contributed by atoms with Crippen LogP contribution in [-0.2, 0) is 6.42 Å². The van der Waals surface area contributed by atoms with Gasteiger partial charge in [-0.3, -0.25) is 0 Å². The van der Waals surface area contributed by atoms with Crippen molar-refractivity contribution in [3.8, 4) is 5.75 Å². The minimum Gasteiger partial charge on any atom is -0.497 e. The molecule has 13 heavy (non-hydrogen) atoms. The van der Waals surface area contributed by atoms with Crippen molar-refractivity contribution in [2.75, 3.05) is 13.7 Å². The topological polar surface area (TPSA) is 35.2 Å². The number of benzene rings is 1. The third-order valence-corrected chi connectivity index (χ3v) is 1.59. The van der Waals surface area contributed by atoms with Gasteiger partial charge in [0, 0.05) is 0 Å². The number of hydrogen-bond donors (Lipinski definition) is 1. The Kier molecular flexibility index (Phi) is 7.02. The molecule has 1 aromatic carbocycles. The zero-order valence-electron chi connectivity index (χ0n) is 8.71. The van der Waals surface area contributed by atoms with Crippen molar-refractivity contribution in [2.45, 2.75) is 20.3 Å². The zero-order valence-corrected chi connectivity index (χ0v) is 8.71. The molecule has 0 bridgehead atoms. The molecule has 0 radical (unpaired) electrons. The maximum absolute atomic E-state index is 5.40. The van der Waals surface area contributed by atoms with E-state index in [4.69, 9.17) is 10.5 Å². The van der Waals surface area contributed by atoms with Crippen molar-refractivity contribution < 1.29 is 4.74 Å². The highest BCUT2D eigenvalue weighted by molar-refractivity contribution is 5.27. The first-order valence-electron chi connectivity index (χ1n) is 4.70. The Hall–Kier alpha value is -1.02. The van der Waals surface area contributed by atoms with Gasteiger partial charge in [0.05, 0.1) is 7.11 Å². The smallest absolute Gasteiger partial charge is 0.118 e. The van der Waals surface area contributed by atoms with Crippen LogP contribution in [0.1, 0.15) is 19.4 Å². The monoisotopic (exact) mass is 181 g/mol. The second-order valence-corrected chi connectivity index (χ2v) is 2.39. The van der Waals surface area contributed by atoms with Crippen molar-refractivity contribution in [2.24, 2.45) is 5.73 Å². The maximum atomic E-state index is 5.40. The molecule has 2 nitrogen and oxygen atoms in total. The van der Waals surface area contributed by atoms with Gasteiger partial charge in [-0.05, 0) is 30.7 Å². The summed E-state index contributed by atoms with van der Waals surface area (Å²) in [7, 11) is 1.66. The molecule has 0 saturated carbocycles. The summed E-state index contributed by atoms with van der Waals surface area (Å²) in [5, 5.41) is 0. The Balaban J connectivity index is 0.000000671. The lowest BCUT2D eigenvalue weighted by Gasteiger charge is -2.00. The molecule has 2 N–H and O–H groups in total. The molecule has 74 valence electrons. The first kappa shape index (κ1) is 12.0. The lowest BCUT2D eigenvalue weighted by Crippen LogP contribution is -2.02. The van der Waals surface area contributed by atoms with Crippen LogP contribution in [0.15, 0.2) is 24.3 Å². The van der Waals surface area contributed by atoms with Crippen molar-refractivity contribution in [3.63, 3.8) is 0 Å². The summed E-state index contributed by atoms with van der Waals surface area (Å²) >= 11 is 0. The van der Waals surface area contributed by atoms with Gasteiger partial charge in [0.15, 0.2) is 0 Å². The van der Waals surface area contributed by atoms with Crippen molar-refractivity contribution in [1.29, 1.82) is 0 Å². The van der Waals surface area contributed by atoms with E-state index in [1.54, 1.807) is 7.11 Å². The molecule has 0 spiro atoms. The van der Waals surface area contributed by atoms with Gasteiger partial charge in [0.25, 0.3) is 0 Å². The number of methoxy groups -OCH3 is 1. The largest absolute Gasteiger partial charge is 0.497 e. The average Bonchev–Trinajstić information content (AvgIpc) is 2.23. The van der Waals surface area contributed by atoms with E-state index >= 15 is 0 Å². The van der Waals surface area contributed by atoms with E-state index in [-0.39, 0.29) is 0 Å². The van der Waals surface area contributed by atoms with Crippen LogP contribution in [-0.4, -0.2) is 13.7 Å². The number of nitrogens with two attached hydrogens (primary N) is 1. The maximum Gasteiger partial charge on any atom is 0.118 e. The van der Waals surface area contributed by atoms with Crippen molar-refractivity contribution >= 4 is 0 Å². The highest BCUT2D eigenvalue weighted by Crippen LogP contribution is 2.10. The standard InChI is InChI=1S/C9H13NO.C2H6/c1-11-9-4-2-8(3-5-9)6-7-10;1-2/h2-5H,6-7,10H2,1H3;1-2H3. The van der Waals surface area contributed by atoms with E-state index in [0.29, 0.717) is 6.54 Å². The van der Waals surface area contributed by atoms with Crippen LogP contribution in [0.25, 0.3) is 0 Å². The van der Waals surface area contributed by atoms with E-state index in [0.717, 1.165) is 12.2 Å². The Morgan fingerprint density at radius 3 is 2.08 bits per heavy atom. The lowest BCUT2D eigenvalue weighted by atomic mass is 10.1. The normalized spacial score (nSPS) is 8.62. The molecule has 0 aromatic heterocycles. The molecule has 0 aliphatic rings. The zero-order chi connectivity index (χ0) is 10.1. The fraction of sp³-hybridized carbons (Fsp3) is 0.455. The van der Waals surface area contributed by atoms with Crippen LogP contribution >= 0.6 is 0 Å². The summed E-state index contributed by atoms with van der Waals surface area (Å²) in [6.45, 7) is 4.70. The van der Waals surface area contributed by atoms with Gasteiger partial charge in [0.1, 0.15) is 5.75 Å². The molecule has 1 aromatic rings. The van der Waals surface area contributed by atoms with Crippen LogP contribution < -0.4 is 10.5 Å². The summed E-state index contributed by atoms with van der Waals surface area (Å²) in [6, 6.07) is 7.97. The van der Waals surface area contributed by atoms with Crippen molar-refractivity contribution in [1.82, 2.24) is 0 Å². The van der Waals surface area contributed by atoms with Crippen LogP contribution in [0.4, 0.5) is 0 Å². The van der Waals surface area contributed by atoms with Crippen LogP contribution in [0.3, 0.4) is 0 Å². The molecule has 0 heterocycles. The number of hydrogen-bond acceptors (Lipinski definition) is 2. The van der Waals surface area contributed by atoms with E-state index in [9.17, 15) is 0 Å². The lowest BCUT2D eigenvalue weighted by molar-refractivity contribution is 0.414. The quantitative estimate of drug-likeness (QED) is 0.776. The Morgan fingerprint density at radius 1 is 1.15 bits per heavy atom. The molecule has 0 aliphatic heterocycles. The van der Waals surface area contributed by atoms with Gasteiger partial charge in [-0.1, -0.05) is 26.0 Å². The fourth-order valence-corrected chi connectivity index (χ4v) is 0.959. The highest BCUT2D eigenvalue weighted by atomic mass is 16.5. The second-order valence-electron chi connectivity index (χ2n) is 2.39. The third-order valence-electron chi connectivity index (χ3n) is 1.59. The van der Waals surface area contributed by atoms with E-state index in [2.05, 4.69) is 0 Å². The molecule has 0 unspecified atom stereocenters. The molecule has 2 heteroatoms. The van der Waals surface area contributed by atoms with Crippen LogP contribution in [0.5, 0.6) is 5.75 Å². The summed E-state index contributed by atoms with van der Waals surface area (Å²) in [6.07, 6.45) is 0.935. The molecular formula is C11H19NO. The molecular weight excluding hydrogens is 162 g/mol. The van der Waals surface area contributed by atoms with Gasteiger partial charge in [-0.15, -0.1) is 0 Å². The van der Waals surface area contributed by atoms with E-state index in [1.165, 1.54) is 5.56 Å². The summed E-state index contributed by atoms with van der Waals surface area (Å²) in [5.41, 5.74) is 6.66. The fourth-order valence-electron chi connectivity index (χ4n) is 0.959. The predicted octanol–water partition coefficient (Wildman–Crippen LogP) is 2.22. The Morgan fingerprint density at radius 2 is 1.69 bits per heavy atom. The first-order valence-corrected chi connectivity index (χ1v) is 4.70. The Bertz CT molecular complexity index is 206. The third kappa shape index (κ3) is 4.53. The molecule has 0 amide bonds. The number of ether oxygens (including phenoxy) is 1. The van der Waals surface area contributed by atoms with Gasteiger partial charge in [0.2, 0.25) is 0 Å². The SMILES string of the molecule is CC.COc1ccc(CCN)cc1. The van der Waals surface area contributed by atoms with E-state index < -0.39 is 0 Å². The first-order chi connectivity index (χ1) is 6.36. The second kappa shape index (κ2) is 7.62. The summed E-state index contributed by atoms with van der Waals surface area (Å²) < 4.78 is 5.02. The summed E-state index contributed by atoms with van der Waals surface area (Å²) in [4.78, 5) is 0. The Labute approximate surface area is 80.7 Å². The highest BCUT2D eigenvalue weighted by Gasteiger charge is 1.91. The molecule has 0 saturated heterocycles. The molecule has 0 fully saturated rings. The van der Waals surface area contributed by atoms with Crippen LogP contribution in [0, 0.1) is 0 Å². The van der Waals surface area contributed by atoms with Gasteiger partial charge in [-0.25, -0.2) is 0 Å². The molecule has 1 rings (SSSR count). The van der Waals surface area contributed by atoms with Gasteiger partial charge < -0.3 is 10.5 Å². The predicted molar refractivity (Wildman–Crippen MR) is 57.1 cm³/mol. The summed E-state index contributed by atoms with van der Waals surface area (Å²) in [5.74, 6) is 0.894. The van der Waals surface area contributed by atoms with Gasteiger partial charge in [-0.2, -0.15) is 0 Å². The van der Waals surface area contributed by atoms with Crippen molar-refractivity contribution in [3.05, 3.63) is 29.8 Å². The van der Waals surface area contributed by atoms with E-state index in [1.807, 2.05) is 38.1 Å². The van der Waals surface area contributed by atoms with Crippen LogP contribution in [0.2, 0.25) is 0 Å². The molecule has 0 atom stereocenters. The minimum atomic E-state index is 0.701. The number of rotatable bonds is 3. The average molecular weight is 181 g/mol. The minimum absolute atomic E-state index is 0.701.